The molecular formula is C17H18FNO3S. The molecule has 1 saturated heterocycles. The standard InChI is InChI=1S/C17H18FNO3S/c1-21-14-5-4-12(11-13(14)18)16(20)19-17(6-8-22-9-7-17)15-3-2-10-23-15/h2-5,10-11H,6-9H2,1H3,(H,19,20). The molecule has 0 saturated carbocycles. The van der Waals surface area contributed by atoms with Gasteiger partial charge in [-0.2, -0.15) is 0 Å². The fraction of sp³-hybridized carbons (Fsp3) is 0.353. The molecule has 1 aromatic heterocycles. The lowest BCUT2D eigenvalue weighted by molar-refractivity contribution is 0.0358. The number of rotatable bonds is 4. The van der Waals surface area contributed by atoms with Crippen LogP contribution in [0.5, 0.6) is 5.75 Å². The van der Waals surface area contributed by atoms with E-state index in [9.17, 15) is 9.18 Å². The number of hydrogen-bond donors (Lipinski definition) is 1. The Kier molecular flexibility index (Phi) is 4.63. The molecule has 1 fully saturated rings. The molecule has 4 nitrogen and oxygen atoms in total. The van der Waals surface area contributed by atoms with Gasteiger partial charge in [0, 0.05) is 23.7 Å². The van der Waals surface area contributed by atoms with Gasteiger partial charge >= 0.3 is 0 Å². The molecule has 0 radical (unpaired) electrons. The van der Waals surface area contributed by atoms with E-state index in [2.05, 4.69) is 5.32 Å². The molecule has 122 valence electrons. The van der Waals surface area contributed by atoms with Crippen LogP contribution in [0, 0.1) is 5.82 Å². The van der Waals surface area contributed by atoms with Crippen LogP contribution in [0.1, 0.15) is 28.1 Å². The summed E-state index contributed by atoms with van der Waals surface area (Å²) in [6, 6.07) is 8.22. The van der Waals surface area contributed by atoms with Gasteiger partial charge in [0.25, 0.3) is 5.91 Å². The molecule has 0 unspecified atom stereocenters. The molecule has 0 atom stereocenters. The highest BCUT2D eigenvalue weighted by Gasteiger charge is 2.37. The minimum absolute atomic E-state index is 0.126. The Balaban J connectivity index is 1.85. The molecule has 0 aliphatic carbocycles. The maximum Gasteiger partial charge on any atom is 0.252 e. The van der Waals surface area contributed by atoms with E-state index >= 15 is 0 Å². The van der Waals surface area contributed by atoms with E-state index in [0.717, 1.165) is 4.88 Å². The highest BCUT2D eigenvalue weighted by atomic mass is 32.1. The molecule has 6 heteroatoms. The van der Waals surface area contributed by atoms with Crippen LogP contribution < -0.4 is 10.1 Å². The molecule has 1 amide bonds. The van der Waals surface area contributed by atoms with E-state index in [-0.39, 0.29) is 17.2 Å². The summed E-state index contributed by atoms with van der Waals surface area (Å²) in [6.45, 7) is 1.18. The molecule has 1 aliphatic rings. The number of amides is 1. The second-order valence-electron chi connectivity index (χ2n) is 5.48. The van der Waals surface area contributed by atoms with Gasteiger partial charge < -0.3 is 14.8 Å². The van der Waals surface area contributed by atoms with Crippen molar-refractivity contribution in [3.8, 4) is 5.75 Å². The SMILES string of the molecule is COc1ccc(C(=O)NC2(c3cccs3)CCOCC2)cc1F. The number of carbonyl (C=O) groups excluding carboxylic acids is 1. The van der Waals surface area contributed by atoms with Crippen LogP contribution in [-0.4, -0.2) is 26.2 Å². The number of thiophene rings is 1. The van der Waals surface area contributed by atoms with Crippen molar-refractivity contribution in [2.24, 2.45) is 0 Å². The monoisotopic (exact) mass is 335 g/mol. The smallest absolute Gasteiger partial charge is 0.252 e. The summed E-state index contributed by atoms with van der Waals surface area (Å²) in [5.41, 5.74) is -0.161. The van der Waals surface area contributed by atoms with Gasteiger partial charge in [-0.25, -0.2) is 4.39 Å². The van der Waals surface area contributed by atoms with Gasteiger partial charge in [-0.1, -0.05) is 6.07 Å². The summed E-state index contributed by atoms with van der Waals surface area (Å²) < 4.78 is 24.2. The van der Waals surface area contributed by atoms with Gasteiger partial charge in [0.1, 0.15) is 0 Å². The summed E-state index contributed by atoms with van der Waals surface area (Å²) in [7, 11) is 1.39. The Morgan fingerprint density at radius 3 is 2.74 bits per heavy atom. The lowest BCUT2D eigenvalue weighted by atomic mass is 9.88. The molecular weight excluding hydrogens is 317 g/mol. The molecule has 2 heterocycles. The van der Waals surface area contributed by atoms with Gasteiger partial charge in [0.15, 0.2) is 11.6 Å². The zero-order valence-electron chi connectivity index (χ0n) is 12.8. The maximum absolute atomic E-state index is 13.8. The summed E-state index contributed by atoms with van der Waals surface area (Å²) >= 11 is 1.61. The first-order valence-electron chi connectivity index (χ1n) is 7.42. The predicted molar refractivity (Wildman–Crippen MR) is 86.5 cm³/mol. The number of halogens is 1. The van der Waals surface area contributed by atoms with Gasteiger partial charge in [-0.05, 0) is 42.5 Å². The van der Waals surface area contributed by atoms with Crippen molar-refractivity contribution >= 4 is 17.2 Å². The van der Waals surface area contributed by atoms with E-state index in [4.69, 9.17) is 9.47 Å². The number of benzene rings is 1. The Hall–Kier alpha value is -1.92. The van der Waals surface area contributed by atoms with E-state index in [1.54, 1.807) is 17.4 Å². The maximum atomic E-state index is 13.8. The third kappa shape index (κ3) is 3.23. The van der Waals surface area contributed by atoms with E-state index < -0.39 is 11.4 Å². The molecule has 1 N–H and O–H groups in total. The largest absolute Gasteiger partial charge is 0.494 e. The average Bonchev–Trinajstić information content (AvgIpc) is 3.11. The van der Waals surface area contributed by atoms with Gasteiger partial charge in [-0.3, -0.25) is 4.79 Å². The van der Waals surface area contributed by atoms with E-state index in [1.165, 1.54) is 19.2 Å². The first-order chi connectivity index (χ1) is 11.1. The van der Waals surface area contributed by atoms with Crippen LogP contribution in [0.15, 0.2) is 35.7 Å². The van der Waals surface area contributed by atoms with Crippen LogP contribution in [0.25, 0.3) is 0 Å². The third-order valence-corrected chi connectivity index (χ3v) is 5.18. The Labute approximate surface area is 138 Å². The minimum Gasteiger partial charge on any atom is -0.494 e. The number of carbonyl (C=O) groups is 1. The quantitative estimate of drug-likeness (QED) is 0.932. The number of nitrogens with one attached hydrogen (secondary N) is 1. The van der Waals surface area contributed by atoms with E-state index in [0.29, 0.717) is 26.1 Å². The first kappa shape index (κ1) is 16.0. The van der Waals surface area contributed by atoms with Crippen molar-refractivity contribution in [2.75, 3.05) is 20.3 Å². The van der Waals surface area contributed by atoms with Crippen molar-refractivity contribution in [2.45, 2.75) is 18.4 Å². The lowest BCUT2D eigenvalue weighted by Gasteiger charge is -2.37. The number of hydrogen-bond acceptors (Lipinski definition) is 4. The number of ether oxygens (including phenoxy) is 2. The van der Waals surface area contributed by atoms with Crippen LogP contribution in [0.4, 0.5) is 4.39 Å². The van der Waals surface area contributed by atoms with Crippen LogP contribution in [-0.2, 0) is 10.3 Å². The topological polar surface area (TPSA) is 47.6 Å². The first-order valence-corrected chi connectivity index (χ1v) is 8.30. The van der Waals surface area contributed by atoms with Gasteiger partial charge in [0.05, 0.1) is 12.6 Å². The Morgan fingerprint density at radius 2 is 2.13 bits per heavy atom. The summed E-state index contributed by atoms with van der Waals surface area (Å²) in [5, 5.41) is 5.09. The fourth-order valence-corrected chi connectivity index (χ4v) is 3.74. The van der Waals surface area contributed by atoms with E-state index in [1.807, 2.05) is 17.5 Å². The normalized spacial score (nSPS) is 16.8. The highest BCUT2D eigenvalue weighted by Crippen LogP contribution is 2.35. The third-order valence-electron chi connectivity index (χ3n) is 4.11. The van der Waals surface area contributed by atoms with Crippen molar-refractivity contribution < 1.29 is 18.7 Å². The molecule has 1 aliphatic heterocycles. The minimum atomic E-state index is -0.544. The summed E-state index contributed by atoms with van der Waals surface area (Å²) in [5.74, 6) is -0.709. The predicted octanol–water partition coefficient (Wildman–Crippen LogP) is 3.33. The second-order valence-corrected chi connectivity index (χ2v) is 6.42. The van der Waals surface area contributed by atoms with Gasteiger partial charge in [-0.15, -0.1) is 11.3 Å². The van der Waals surface area contributed by atoms with Crippen molar-refractivity contribution in [3.05, 3.63) is 52.0 Å². The summed E-state index contributed by atoms with van der Waals surface area (Å²) in [6.07, 6.45) is 1.41. The second kappa shape index (κ2) is 6.68. The van der Waals surface area contributed by atoms with Crippen LogP contribution in [0.2, 0.25) is 0 Å². The Morgan fingerprint density at radius 1 is 1.35 bits per heavy atom. The number of methoxy groups -OCH3 is 1. The Bertz CT molecular complexity index is 681. The molecule has 2 aromatic rings. The van der Waals surface area contributed by atoms with Crippen molar-refractivity contribution in [1.82, 2.24) is 5.32 Å². The molecule has 0 spiro atoms. The molecule has 23 heavy (non-hydrogen) atoms. The molecule has 3 rings (SSSR count). The molecule has 0 bridgehead atoms. The lowest BCUT2D eigenvalue weighted by Crippen LogP contribution is -2.49. The molecule has 1 aromatic carbocycles. The van der Waals surface area contributed by atoms with Crippen molar-refractivity contribution in [1.29, 1.82) is 0 Å². The van der Waals surface area contributed by atoms with Gasteiger partial charge in [0.2, 0.25) is 0 Å². The summed E-state index contributed by atoms with van der Waals surface area (Å²) in [4.78, 5) is 13.7. The zero-order chi connectivity index (χ0) is 16.3. The zero-order valence-corrected chi connectivity index (χ0v) is 13.6. The average molecular weight is 335 g/mol. The fourth-order valence-electron chi connectivity index (χ4n) is 2.80. The van der Waals surface area contributed by atoms with Crippen molar-refractivity contribution in [3.63, 3.8) is 0 Å². The van der Waals surface area contributed by atoms with Crippen LogP contribution >= 0.6 is 11.3 Å². The highest BCUT2D eigenvalue weighted by molar-refractivity contribution is 7.10. The van der Waals surface area contributed by atoms with Crippen LogP contribution in [0.3, 0.4) is 0 Å².